The molecular formula is C112H150N12O12. The van der Waals surface area contributed by atoms with Gasteiger partial charge in [-0.1, -0.05) is 279 Å². The third kappa shape index (κ3) is 39.4. The second-order valence-corrected chi connectivity index (χ2v) is 35.0. The second-order valence-electron chi connectivity index (χ2n) is 35.0. The third-order valence-corrected chi connectivity index (χ3v) is 24.3. The highest BCUT2D eigenvalue weighted by Gasteiger charge is 2.25. The number of ether oxygens (including phenoxy) is 4. The summed E-state index contributed by atoms with van der Waals surface area (Å²) in [5.41, 5.74) is 13.3. The molecule has 8 amide bonds. The molecule has 7 aromatic rings. The molecule has 4 aromatic carbocycles. The van der Waals surface area contributed by atoms with Gasteiger partial charge in [-0.3, -0.25) is 38.4 Å². The summed E-state index contributed by atoms with van der Waals surface area (Å²) in [6.07, 6.45) is 52.6. The molecule has 2 aliphatic heterocycles. The Kier molecular flexibility index (Phi) is 50.7. The van der Waals surface area contributed by atoms with Crippen LogP contribution < -0.4 is 61.5 Å². The maximum absolute atomic E-state index is 12.4. The molecule has 9 rings (SSSR count). The number of carbonyl (C=O) groups excluding carboxylic acids is 8. The summed E-state index contributed by atoms with van der Waals surface area (Å²) in [4.78, 5) is 115. The minimum Gasteiger partial charge on any atom is -0.493 e. The van der Waals surface area contributed by atoms with E-state index in [2.05, 4.69) is 200 Å². The van der Waals surface area contributed by atoms with Crippen LogP contribution >= 0.6 is 0 Å². The third-order valence-electron chi connectivity index (χ3n) is 24.3. The Hall–Kier alpha value is -12.6. The molecule has 0 saturated heterocycles. The maximum Gasteiger partial charge on any atom is 0.243 e. The first-order chi connectivity index (χ1) is 66.7. The summed E-state index contributed by atoms with van der Waals surface area (Å²) in [5.74, 6) is 2.02. The van der Waals surface area contributed by atoms with Crippen LogP contribution in [0.3, 0.4) is 0 Å². The van der Waals surface area contributed by atoms with E-state index in [1.165, 1.54) is 24.3 Å². The molecule has 8 bridgehead atoms. The van der Waals surface area contributed by atoms with Crippen molar-refractivity contribution in [2.24, 2.45) is 0 Å². The van der Waals surface area contributed by atoms with E-state index < -0.39 is 0 Å². The number of fused-ring (bicyclic) bond motifs is 8. The minimum absolute atomic E-state index is 0.00848. The lowest BCUT2D eigenvalue weighted by Crippen LogP contribution is -2.33. The average molecular weight is 1860 g/mol. The SMILES string of the molecule is C=CC(=O)NCCNC(=O)CCCCCCCCCCCOc1ccccc1-c1c2nc(c(-c3ccccc3OCCCCCCCCCCCC(=O)NCCNC(=O)C=C)c3ccc([nH]3)c(-c3ccccc3OCCCCCCCCCCCC(=O)NCCNC(=O)C=C)c3nc(c(-c4ccccc4OCCCCCCCCCCCC(=O)NCCNC(=O)C=C)c4ccc1[nH]4)C=C3)C=C2. The molecule has 0 radical (unpaired) electrons. The largest absolute Gasteiger partial charge is 0.493 e. The number of benzene rings is 4. The molecule has 24 heteroatoms. The topological polar surface area (TPSA) is 327 Å². The number of amides is 8. The van der Waals surface area contributed by atoms with Gasteiger partial charge >= 0.3 is 0 Å². The zero-order valence-corrected chi connectivity index (χ0v) is 80.6. The minimum atomic E-state index is -0.251. The Balaban J connectivity index is 0.985. The molecule has 0 spiro atoms. The van der Waals surface area contributed by atoms with Crippen molar-refractivity contribution in [2.75, 3.05) is 78.8 Å². The summed E-state index contributed by atoms with van der Waals surface area (Å²) < 4.78 is 27.7. The molecule has 0 saturated carbocycles. The van der Waals surface area contributed by atoms with Crippen LogP contribution in [0.15, 0.2) is 172 Å². The van der Waals surface area contributed by atoms with Crippen LogP contribution in [-0.2, 0) is 38.4 Å². The van der Waals surface area contributed by atoms with E-state index in [0.29, 0.717) is 104 Å². The van der Waals surface area contributed by atoms with E-state index in [4.69, 9.17) is 28.9 Å². The van der Waals surface area contributed by atoms with Crippen molar-refractivity contribution in [3.05, 3.63) is 195 Å². The Morgan fingerprint density at radius 3 is 0.610 bits per heavy atom. The number of carbonyl (C=O) groups is 8. The van der Waals surface area contributed by atoms with Crippen LogP contribution in [0.5, 0.6) is 23.0 Å². The van der Waals surface area contributed by atoms with Gasteiger partial charge in [-0.05, 0) is 149 Å². The van der Waals surface area contributed by atoms with Crippen LogP contribution in [-0.4, -0.2) is 146 Å². The zero-order valence-electron chi connectivity index (χ0n) is 80.6. The number of aromatic nitrogens is 4. The van der Waals surface area contributed by atoms with Crippen molar-refractivity contribution in [1.29, 1.82) is 0 Å². The highest BCUT2D eigenvalue weighted by atomic mass is 16.5. The van der Waals surface area contributed by atoms with Crippen molar-refractivity contribution >= 4 is 93.6 Å². The predicted molar refractivity (Wildman–Crippen MR) is 552 cm³/mol. The highest BCUT2D eigenvalue weighted by Crippen LogP contribution is 2.45. The molecule has 3 aromatic heterocycles. The lowest BCUT2D eigenvalue weighted by Gasteiger charge is -2.14. The van der Waals surface area contributed by atoms with E-state index in [-0.39, 0.29) is 47.3 Å². The molecule has 730 valence electrons. The van der Waals surface area contributed by atoms with Gasteiger partial charge < -0.3 is 71.4 Å². The van der Waals surface area contributed by atoms with Crippen LogP contribution in [0.1, 0.15) is 280 Å². The van der Waals surface area contributed by atoms with Gasteiger partial charge in [-0.2, -0.15) is 0 Å². The number of rotatable bonds is 72. The summed E-state index contributed by atoms with van der Waals surface area (Å²) in [6.45, 7) is 19.1. The molecule has 5 heterocycles. The molecule has 0 atom stereocenters. The Bertz CT molecular complexity index is 4560. The molecule has 0 aliphatic carbocycles. The summed E-state index contributed by atoms with van der Waals surface area (Å²) >= 11 is 0. The number of unbranched alkanes of at least 4 members (excludes halogenated alkanes) is 32. The molecule has 0 unspecified atom stereocenters. The fourth-order valence-electron chi connectivity index (χ4n) is 17.0. The van der Waals surface area contributed by atoms with Crippen molar-refractivity contribution < 1.29 is 57.3 Å². The highest BCUT2D eigenvalue weighted by molar-refractivity contribution is 6.02. The second kappa shape index (κ2) is 64.4. The number of aromatic amines is 2. The normalized spacial score (nSPS) is 11.3. The van der Waals surface area contributed by atoms with Gasteiger partial charge in [0.25, 0.3) is 0 Å². The molecule has 2 aliphatic rings. The monoisotopic (exact) mass is 1860 g/mol. The van der Waals surface area contributed by atoms with Crippen LogP contribution in [0.4, 0.5) is 0 Å². The number of nitrogens with one attached hydrogen (secondary N) is 10. The van der Waals surface area contributed by atoms with Crippen LogP contribution in [0.25, 0.3) is 90.9 Å². The number of para-hydroxylation sites is 4. The number of hydrogen-bond donors (Lipinski definition) is 10. The maximum atomic E-state index is 12.4. The summed E-state index contributed by atoms with van der Waals surface area (Å²) in [6, 6.07) is 41.8. The van der Waals surface area contributed by atoms with E-state index >= 15 is 0 Å². The molecule has 0 fully saturated rings. The standard InChI is InChI=1S/C112H150N12O12/c1-5-101(125)113-73-77-117-105(129)61-37-29-21-13-9-17-25-33-49-81-133-97-57-45-41-53-85(97)109-89-65-67-91(121-89)110(86-54-42-46-58-98(86)134-82-50-34-26-18-10-14-22-30-38-62-106(130)118-78-74-114-102(126)6-2)93-69-71-95(123-93)112(88-56-44-48-60-100(88)136-84-52-36-28-20-12-16-24-32-40-64-108(132)120-80-76-116-104(128)8-4)96-72-70-94(124-96)111(92-68-66-90(109)122-92)87-55-43-47-59-99(87)135-83-51-35-27-19-11-15-23-31-39-63-107(131)119-79-75-115-103(127)7-3/h5-8,41-48,53-60,65-72,121,124H,1-4,9-40,49-52,61-64,73-84H2,(H,113,125)(H,114,126)(H,115,127)(H,116,128)(H,117,129)(H,118,130)(H,119,131)(H,120,132). The smallest absolute Gasteiger partial charge is 0.243 e. The first-order valence-electron chi connectivity index (χ1n) is 50.5. The first-order valence-corrected chi connectivity index (χ1v) is 50.5. The van der Waals surface area contributed by atoms with Crippen molar-refractivity contribution in [2.45, 2.75) is 257 Å². The molecule has 24 nitrogen and oxygen atoms in total. The van der Waals surface area contributed by atoms with Crippen molar-refractivity contribution in [3.8, 4) is 67.5 Å². The zero-order chi connectivity index (χ0) is 96.0. The predicted octanol–water partition coefficient (Wildman–Crippen LogP) is 22.1. The van der Waals surface area contributed by atoms with Crippen LogP contribution in [0, 0.1) is 0 Å². The lowest BCUT2D eigenvalue weighted by atomic mass is 10.0. The number of H-pyrrole nitrogens is 2. The Morgan fingerprint density at radius 1 is 0.235 bits per heavy atom. The van der Waals surface area contributed by atoms with Gasteiger partial charge in [0, 0.05) is 145 Å². The first kappa shape index (κ1) is 107. The van der Waals surface area contributed by atoms with Crippen LogP contribution in [0.2, 0.25) is 0 Å². The van der Waals surface area contributed by atoms with E-state index in [9.17, 15) is 38.4 Å². The van der Waals surface area contributed by atoms with Gasteiger partial charge in [0.2, 0.25) is 47.3 Å². The van der Waals surface area contributed by atoms with Crippen molar-refractivity contribution in [3.63, 3.8) is 0 Å². The lowest BCUT2D eigenvalue weighted by molar-refractivity contribution is -0.122. The summed E-state index contributed by atoms with van der Waals surface area (Å²) in [7, 11) is 0. The van der Waals surface area contributed by atoms with Gasteiger partial charge in [0.1, 0.15) is 23.0 Å². The molecule has 136 heavy (non-hydrogen) atoms. The van der Waals surface area contributed by atoms with Gasteiger partial charge in [0.05, 0.1) is 49.2 Å². The van der Waals surface area contributed by atoms with Gasteiger partial charge in [-0.25, -0.2) is 9.97 Å². The average Bonchev–Trinajstić information content (AvgIpc) is 1.60. The fraction of sp³-hybridized carbons (Fsp3) is 0.464. The van der Waals surface area contributed by atoms with Crippen molar-refractivity contribution in [1.82, 2.24) is 62.5 Å². The quantitative estimate of drug-likeness (QED) is 0.0125. The number of nitrogens with zero attached hydrogens (tertiary/aromatic N) is 2. The molecular weight excluding hydrogens is 1710 g/mol. The van der Waals surface area contributed by atoms with E-state index in [0.717, 1.165) is 343 Å². The van der Waals surface area contributed by atoms with E-state index in [1.54, 1.807) is 0 Å². The van der Waals surface area contributed by atoms with Gasteiger partial charge in [-0.15, -0.1) is 0 Å². The fourth-order valence-corrected chi connectivity index (χ4v) is 17.0. The molecule has 10 N–H and O–H groups in total. The Morgan fingerprint density at radius 2 is 0.412 bits per heavy atom. The van der Waals surface area contributed by atoms with Gasteiger partial charge in [0.15, 0.2) is 0 Å². The number of hydrogen-bond acceptors (Lipinski definition) is 14. The summed E-state index contributed by atoms with van der Waals surface area (Å²) in [5, 5.41) is 22.3. The van der Waals surface area contributed by atoms with E-state index in [1.807, 2.05) is 24.3 Å². The Labute approximate surface area is 806 Å².